The van der Waals surface area contributed by atoms with E-state index in [9.17, 15) is 0 Å². The molecule has 108 valence electrons. The first-order valence-electron chi connectivity index (χ1n) is 7.44. The maximum atomic E-state index is 6.82. The summed E-state index contributed by atoms with van der Waals surface area (Å²) < 4.78 is 11.3. The number of rotatable bonds is 2. The van der Waals surface area contributed by atoms with Crippen LogP contribution in [0.5, 0.6) is 11.5 Å². The third-order valence-corrected chi connectivity index (χ3v) is 4.95. The van der Waals surface area contributed by atoms with Crippen molar-refractivity contribution >= 4 is 11.6 Å². The van der Waals surface area contributed by atoms with Crippen LogP contribution in [0.4, 0.5) is 0 Å². The predicted molar refractivity (Wildman–Crippen MR) is 83.5 cm³/mol. The van der Waals surface area contributed by atoms with Crippen LogP contribution in [-0.2, 0) is 6.42 Å². The minimum atomic E-state index is -0.0269. The molecule has 2 aliphatic heterocycles. The Morgan fingerprint density at radius 3 is 2.81 bits per heavy atom. The monoisotopic (exact) mass is 300 g/mol. The molecule has 0 saturated heterocycles. The van der Waals surface area contributed by atoms with Gasteiger partial charge >= 0.3 is 0 Å². The van der Waals surface area contributed by atoms with Gasteiger partial charge in [-0.3, -0.25) is 0 Å². The van der Waals surface area contributed by atoms with Gasteiger partial charge in [0.05, 0.1) is 18.6 Å². The van der Waals surface area contributed by atoms with Crippen molar-refractivity contribution in [1.29, 1.82) is 0 Å². The number of alkyl halides is 1. The second-order valence-electron chi connectivity index (χ2n) is 5.65. The fraction of sp³-hybridized carbons (Fsp3) is 0.333. The van der Waals surface area contributed by atoms with Gasteiger partial charge in [0.25, 0.3) is 0 Å². The lowest BCUT2D eigenvalue weighted by Gasteiger charge is -2.29. The quantitative estimate of drug-likeness (QED) is 0.762. The summed E-state index contributed by atoms with van der Waals surface area (Å²) in [5, 5.41) is -0.0269. The maximum absolute atomic E-state index is 6.82. The molecular formula is C18H17ClO2. The number of benzene rings is 2. The number of para-hydroxylation sites is 1. The summed E-state index contributed by atoms with van der Waals surface area (Å²) in [6.07, 6.45) is 1.94. The van der Waals surface area contributed by atoms with Crippen LogP contribution >= 0.6 is 11.6 Å². The Balaban J connectivity index is 1.68. The summed E-state index contributed by atoms with van der Waals surface area (Å²) in [5.41, 5.74) is 3.68. The number of halogens is 1. The van der Waals surface area contributed by atoms with E-state index in [1.807, 2.05) is 12.1 Å². The lowest BCUT2D eigenvalue weighted by atomic mass is 9.86. The molecule has 2 atom stereocenters. The van der Waals surface area contributed by atoms with Crippen LogP contribution in [0.1, 0.15) is 34.4 Å². The molecule has 0 bridgehead atoms. The van der Waals surface area contributed by atoms with Gasteiger partial charge < -0.3 is 9.47 Å². The van der Waals surface area contributed by atoms with Gasteiger partial charge in [-0.2, -0.15) is 0 Å². The molecule has 0 radical (unpaired) electrons. The van der Waals surface area contributed by atoms with Gasteiger partial charge in [0.15, 0.2) is 0 Å². The summed E-state index contributed by atoms with van der Waals surface area (Å²) in [5.74, 6) is 2.29. The fourth-order valence-electron chi connectivity index (χ4n) is 3.28. The molecule has 0 N–H and O–H groups in total. The Bertz CT molecular complexity index is 668. The topological polar surface area (TPSA) is 18.5 Å². The molecule has 0 spiro atoms. The van der Waals surface area contributed by atoms with E-state index < -0.39 is 0 Å². The highest BCUT2D eigenvalue weighted by Crippen LogP contribution is 2.45. The molecular weight excluding hydrogens is 284 g/mol. The first kappa shape index (κ1) is 13.0. The van der Waals surface area contributed by atoms with Crippen LogP contribution < -0.4 is 9.47 Å². The van der Waals surface area contributed by atoms with E-state index in [1.165, 1.54) is 16.7 Å². The number of ether oxygens (including phenoxy) is 2. The molecule has 3 heteroatoms. The van der Waals surface area contributed by atoms with Crippen LogP contribution in [-0.4, -0.2) is 13.2 Å². The minimum absolute atomic E-state index is 0.0269. The first-order chi connectivity index (χ1) is 10.3. The lowest BCUT2D eigenvalue weighted by Crippen LogP contribution is -2.17. The molecule has 0 fully saturated rings. The van der Waals surface area contributed by atoms with Crippen molar-refractivity contribution in [3.63, 3.8) is 0 Å². The Morgan fingerprint density at radius 2 is 1.86 bits per heavy atom. The van der Waals surface area contributed by atoms with Crippen LogP contribution in [0.3, 0.4) is 0 Å². The molecule has 0 saturated carbocycles. The average molecular weight is 301 g/mol. The van der Waals surface area contributed by atoms with E-state index in [2.05, 4.69) is 30.3 Å². The molecule has 2 unspecified atom stereocenters. The van der Waals surface area contributed by atoms with E-state index in [-0.39, 0.29) is 5.38 Å². The molecule has 0 amide bonds. The van der Waals surface area contributed by atoms with Gasteiger partial charge in [-0.15, -0.1) is 11.6 Å². The Hall–Kier alpha value is -1.67. The molecule has 0 aliphatic carbocycles. The molecule has 2 aromatic rings. The Morgan fingerprint density at radius 1 is 1.00 bits per heavy atom. The fourth-order valence-corrected chi connectivity index (χ4v) is 3.68. The Labute approximate surface area is 129 Å². The van der Waals surface area contributed by atoms with Crippen LogP contribution in [0.25, 0.3) is 0 Å². The molecule has 0 aromatic heterocycles. The average Bonchev–Trinajstić information content (AvgIpc) is 3.01. The standard InChI is InChI=1S/C18H17ClO2/c19-18(13-5-6-16-12(11-13)7-9-20-16)15-8-10-21-17-4-2-1-3-14(15)17/h1-6,11,15,18H,7-10H2. The van der Waals surface area contributed by atoms with Gasteiger partial charge in [-0.25, -0.2) is 0 Å². The molecule has 2 heterocycles. The highest BCUT2D eigenvalue weighted by atomic mass is 35.5. The third-order valence-electron chi connectivity index (χ3n) is 4.39. The number of hydrogen-bond donors (Lipinski definition) is 0. The highest BCUT2D eigenvalue weighted by molar-refractivity contribution is 6.21. The largest absolute Gasteiger partial charge is 0.493 e. The number of hydrogen-bond acceptors (Lipinski definition) is 2. The lowest BCUT2D eigenvalue weighted by molar-refractivity contribution is 0.265. The van der Waals surface area contributed by atoms with Crippen molar-refractivity contribution in [3.05, 3.63) is 59.2 Å². The molecule has 2 nitrogen and oxygen atoms in total. The summed E-state index contributed by atoms with van der Waals surface area (Å²) in [4.78, 5) is 0. The van der Waals surface area contributed by atoms with Crippen LogP contribution in [0, 0.1) is 0 Å². The summed E-state index contributed by atoms with van der Waals surface area (Å²) >= 11 is 6.82. The highest BCUT2D eigenvalue weighted by Gasteiger charge is 2.29. The first-order valence-corrected chi connectivity index (χ1v) is 7.88. The van der Waals surface area contributed by atoms with Crippen molar-refractivity contribution in [2.75, 3.05) is 13.2 Å². The van der Waals surface area contributed by atoms with Crippen molar-refractivity contribution < 1.29 is 9.47 Å². The minimum Gasteiger partial charge on any atom is -0.493 e. The van der Waals surface area contributed by atoms with Gasteiger partial charge in [0.1, 0.15) is 11.5 Å². The van der Waals surface area contributed by atoms with E-state index in [0.29, 0.717) is 5.92 Å². The zero-order valence-corrected chi connectivity index (χ0v) is 12.5. The van der Waals surface area contributed by atoms with E-state index in [4.69, 9.17) is 21.1 Å². The maximum Gasteiger partial charge on any atom is 0.122 e. The SMILES string of the molecule is ClC(c1ccc2c(c1)CCO2)C1CCOc2ccccc21. The van der Waals surface area contributed by atoms with Crippen LogP contribution in [0.15, 0.2) is 42.5 Å². The summed E-state index contributed by atoms with van der Waals surface area (Å²) in [6, 6.07) is 14.6. The zero-order valence-electron chi connectivity index (χ0n) is 11.7. The summed E-state index contributed by atoms with van der Waals surface area (Å²) in [7, 11) is 0. The van der Waals surface area contributed by atoms with Crippen molar-refractivity contribution in [2.45, 2.75) is 24.1 Å². The van der Waals surface area contributed by atoms with Crippen molar-refractivity contribution in [2.24, 2.45) is 0 Å². The molecule has 21 heavy (non-hydrogen) atoms. The third kappa shape index (κ3) is 2.28. The van der Waals surface area contributed by atoms with E-state index in [0.717, 1.165) is 37.6 Å². The van der Waals surface area contributed by atoms with Crippen LogP contribution in [0.2, 0.25) is 0 Å². The van der Waals surface area contributed by atoms with E-state index in [1.54, 1.807) is 0 Å². The number of fused-ring (bicyclic) bond motifs is 2. The molecule has 2 aromatic carbocycles. The zero-order chi connectivity index (χ0) is 14.2. The molecule has 2 aliphatic rings. The second kappa shape index (κ2) is 5.27. The van der Waals surface area contributed by atoms with Gasteiger partial charge in [-0.05, 0) is 35.2 Å². The van der Waals surface area contributed by atoms with Gasteiger partial charge in [0, 0.05) is 12.3 Å². The van der Waals surface area contributed by atoms with Gasteiger partial charge in [-0.1, -0.05) is 30.3 Å². The van der Waals surface area contributed by atoms with Crippen molar-refractivity contribution in [3.8, 4) is 11.5 Å². The molecule has 4 rings (SSSR count). The normalized spacial score (nSPS) is 20.9. The Kier molecular flexibility index (Phi) is 3.27. The van der Waals surface area contributed by atoms with Gasteiger partial charge in [0.2, 0.25) is 0 Å². The smallest absolute Gasteiger partial charge is 0.122 e. The predicted octanol–water partition coefficient (Wildman–Crippen LogP) is 4.47. The van der Waals surface area contributed by atoms with E-state index >= 15 is 0 Å². The second-order valence-corrected chi connectivity index (χ2v) is 6.12. The summed E-state index contributed by atoms with van der Waals surface area (Å²) in [6.45, 7) is 1.52. The van der Waals surface area contributed by atoms with Crippen molar-refractivity contribution in [1.82, 2.24) is 0 Å².